The molecule has 0 spiro atoms. The van der Waals surface area contributed by atoms with Crippen molar-refractivity contribution in [2.75, 3.05) is 38.4 Å². The molecule has 1 amide bonds. The van der Waals surface area contributed by atoms with Crippen LogP contribution in [0.4, 0.5) is 5.69 Å². The van der Waals surface area contributed by atoms with Crippen molar-refractivity contribution in [1.82, 2.24) is 0 Å². The summed E-state index contributed by atoms with van der Waals surface area (Å²) in [4.78, 5) is 14.7. The summed E-state index contributed by atoms with van der Waals surface area (Å²) in [6.07, 6.45) is 0.896. The molecule has 1 atom stereocenters. The Balaban J connectivity index is 1.64. The van der Waals surface area contributed by atoms with Crippen LogP contribution in [0, 0.1) is 11.3 Å². The Morgan fingerprint density at radius 2 is 1.93 bits per heavy atom. The van der Waals surface area contributed by atoms with Gasteiger partial charge in [0.25, 0.3) is 5.91 Å². The van der Waals surface area contributed by atoms with Gasteiger partial charge in [-0.25, -0.2) is 0 Å². The lowest BCUT2D eigenvalue weighted by Crippen LogP contribution is -3.12. The van der Waals surface area contributed by atoms with E-state index in [1.165, 1.54) is 27.8 Å². The van der Waals surface area contributed by atoms with Crippen molar-refractivity contribution in [1.29, 1.82) is 5.26 Å². The number of nitrogens with zero attached hydrogens (tertiary/aromatic N) is 1. The molecule has 1 aliphatic heterocycles. The molecule has 2 aromatic carbocycles. The molecule has 1 unspecified atom stereocenters. The molecule has 2 N–H and O–H groups in total. The minimum Gasteiger partial charge on any atom is -0.493 e. The first-order valence-electron chi connectivity index (χ1n) is 9.10. The van der Waals surface area contributed by atoms with Crippen LogP contribution in [0.15, 0.2) is 41.3 Å². The smallest absolute Gasteiger partial charge is 0.279 e. The largest absolute Gasteiger partial charge is 0.493 e. The fourth-order valence-corrected chi connectivity index (χ4v) is 4.08. The Bertz CT molecular complexity index is 895. The Hall–Kier alpha value is -2.69. The van der Waals surface area contributed by atoms with Gasteiger partial charge in [-0.05, 0) is 29.8 Å². The van der Waals surface area contributed by atoms with E-state index < -0.39 is 0 Å². The number of quaternary nitrogens is 1. The zero-order valence-corrected chi connectivity index (χ0v) is 16.9. The van der Waals surface area contributed by atoms with Crippen LogP contribution in [0.3, 0.4) is 0 Å². The van der Waals surface area contributed by atoms with Crippen LogP contribution in [0.25, 0.3) is 0 Å². The molecule has 0 aliphatic carbocycles. The van der Waals surface area contributed by atoms with Gasteiger partial charge in [0.05, 0.1) is 38.3 Å². The predicted molar refractivity (Wildman–Crippen MR) is 109 cm³/mol. The second-order valence-corrected chi connectivity index (χ2v) is 7.59. The molecule has 1 heterocycles. The minimum atomic E-state index is -0.0241. The minimum absolute atomic E-state index is 0.0241. The molecule has 2 aromatic rings. The lowest BCUT2D eigenvalue weighted by molar-refractivity contribution is -0.907. The van der Waals surface area contributed by atoms with Gasteiger partial charge in [-0.1, -0.05) is 12.1 Å². The molecule has 1 aliphatic rings. The first kappa shape index (κ1) is 20.1. The van der Waals surface area contributed by atoms with Gasteiger partial charge in [0, 0.05) is 16.9 Å². The number of hydrogen-bond donors (Lipinski definition) is 2. The molecule has 6 nitrogen and oxygen atoms in total. The highest BCUT2D eigenvalue weighted by Gasteiger charge is 2.24. The number of rotatable bonds is 7. The van der Waals surface area contributed by atoms with E-state index in [-0.39, 0.29) is 5.91 Å². The normalized spacial score (nSPS) is 15.2. The third-order valence-electron chi connectivity index (χ3n) is 4.76. The van der Waals surface area contributed by atoms with E-state index in [0.717, 1.165) is 41.6 Å². The predicted octanol–water partition coefficient (Wildman–Crippen LogP) is 1.90. The van der Waals surface area contributed by atoms with Crippen molar-refractivity contribution in [2.45, 2.75) is 17.9 Å². The number of hydrogen-bond acceptors (Lipinski definition) is 5. The van der Waals surface area contributed by atoms with Crippen LogP contribution >= 0.6 is 11.8 Å². The van der Waals surface area contributed by atoms with Gasteiger partial charge in [0.1, 0.15) is 6.54 Å². The SMILES string of the molecule is COc1cc2c(cc1OC)C[NH+](CC(=O)Nc1ccccc1SCC#N)CC2. The van der Waals surface area contributed by atoms with E-state index in [9.17, 15) is 4.79 Å². The number of nitrogens with one attached hydrogen (secondary N) is 2. The van der Waals surface area contributed by atoms with Crippen molar-refractivity contribution in [2.24, 2.45) is 0 Å². The first-order valence-corrected chi connectivity index (χ1v) is 10.1. The molecule has 0 radical (unpaired) electrons. The van der Waals surface area contributed by atoms with Gasteiger partial charge in [-0.15, -0.1) is 11.8 Å². The van der Waals surface area contributed by atoms with Crippen molar-refractivity contribution in [3.63, 3.8) is 0 Å². The summed E-state index contributed by atoms with van der Waals surface area (Å²) < 4.78 is 10.8. The van der Waals surface area contributed by atoms with Crippen molar-refractivity contribution < 1.29 is 19.2 Å². The number of fused-ring (bicyclic) bond motifs is 1. The van der Waals surface area contributed by atoms with Gasteiger partial charge < -0.3 is 19.7 Å². The van der Waals surface area contributed by atoms with Crippen molar-refractivity contribution in [3.8, 4) is 17.6 Å². The number of carbonyl (C=O) groups is 1. The summed E-state index contributed by atoms with van der Waals surface area (Å²) in [5.74, 6) is 1.79. The lowest BCUT2D eigenvalue weighted by Gasteiger charge is -2.26. The van der Waals surface area contributed by atoms with Crippen LogP contribution < -0.4 is 19.7 Å². The molecule has 0 aromatic heterocycles. The number of ether oxygens (including phenoxy) is 2. The maximum absolute atomic E-state index is 12.6. The molecule has 0 bridgehead atoms. The molecule has 7 heteroatoms. The Morgan fingerprint density at radius 3 is 2.64 bits per heavy atom. The van der Waals surface area contributed by atoms with E-state index in [4.69, 9.17) is 14.7 Å². The number of amides is 1. The quantitative estimate of drug-likeness (QED) is 0.697. The topological polar surface area (TPSA) is 75.8 Å². The molecular formula is C21H24N3O3S+. The van der Waals surface area contributed by atoms with Crippen molar-refractivity contribution >= 4 is 23.4 Å². The van der Waals surface area contributed by atoms with Gasteiger partial charge in [-0.3, -0.25) is 4.79 Å². The molecule has 0 saturated carbocycles. The van der Waals surface area contributed by atoms with Gasteiger partial charge in [0.15, 0.2) is 18.0 Å². The fourth-order valence-electron chi connectivity index (χ4n) is 3.41. The van der Waals surface area contributed by atoms with E-state index in [1.807, 2.05) is 36.4 Å². The summed E-state index contributed by atoms with van der Waals surface area (Å²) >= 11 is 1.42. The number of para-hydroxylation sites is 1. The van der Waals surface area contributed by atoms with Crippen LogP contribution in [0.2, 0.25) is 0 Å². The third-order valence-corrected chi connectivity index (χ3v) is 5.70. The highest BCUT2D eigenvalue weighted by Crippen LogP contribution is 2.31. The number of anilines is 1. The van der Waals surface area contributed by atoms with E-state index >= 15 is 0 Å². The summed E-state index contributed by atoms with van der Waals surface area (Å²) in [5.41, 5.74) is 3.20. The molecule has 0 saturated heterocycles. The molecule has 3 rings (SSSR count). The zero-order chi connectivity index (χ0) is 19.9. The van der Waals surface area contributed by atoms with Gasteiger partial charge in [0.2, 0.25) is 0 Å². The van der Waals surface area contributed by atoms with Crippen molar-refractivity contribution in [3.05, 3.63) is 47.5 Å². The highest BCUT2D eigenvalue weighted by atomic mass is 32.2. The zero-order valence-electron chi connectivity index (χ0n) is 16.1. The Kier molecular flexibility index (Phi) is 6.80. The maximum atomic E-state index is 12.6. The first-order chi connectivity index (χ1) is 13.6. The average Bonchev–Trinajstić information content (AvgIpc) is 2.72. The molecular weight excluding hydrogens is 374 g/mol. The van der Waals surface area contributed by atoms with Crippen LogP contribution in [-0.4, -0.2) is 39.0 Å². The molecule has 146 valence electrons. The number of methoxy groups -OCH3 is 2. The Morgan fingerprint density at radius 1 is 1.21 bits per heavy atom. The second-order valence-electron chi connectivity index (χ2n) is 6.57. The third kappa shape index (κ3) is 4.77. The standard InChI is InChI=1S/C21H23N3O3S/c1-26-18-11-15-7-9-24(13-16(15)12-19(18)27-2)14-21(25)23-17-5-3-4-6-20(17)28-10-8-22/h3-6,11-12H,7,9-10,13-14H2,1-2H3,(H,23,25)/p+1. The van der Waals surface area contributed by atoms with Crippen LogP contribution in [0.1, 0.15) is 11.1 Å². The maximum Gasteiger partial charge on any atom is 0.279 e. The van der Waals surface area contributed by atoms with Crippen LogP contribution in [0.5, 0.6) is 11.5 Å². The highest BCUT2D eigenvalue weighted by molar-refractivity contribution is 7.99. The Labute approximate surface area is 169 Å². The number of carbonyl (C=O) groups excluding carboxylic acids is 1. The second kappa shape index (κ2) is 9.49. The number of nitriles is 1. The van der Waals surface area contributed by atoms with E-state index in [1.54, 1.807) is 14.2 Å². The van der Waals surface area contributed by atoms with E-state index in [0.29, 0.717) is 12.3 Å². The number of thioether (sulfide) groups is 1. The van der Waals surface area contributed by atoms with E-state index in [2.05, 4.69) is 11.4 Å². The lowest BCUT2D eigenvalue weighted by atomic mass is 9.99. The number of benzene rings is 2. The summed E-state index contributed by atoms with van der Waals surface area (Å²) in [7, 11) is 3.27. The average molecular weight is 399 g/mol. The summed E-state index contributed by atoms with van der Waals surface area (Å²) in [6.45, 7) is 2.06. The summed E-state index contributed by atoms with van der Waals surface area (Å²) in [6, 6.07) is 13.7. The van der Waals surface area contributed by atoms with Gasteiger partial charge >= 0.3 is 0 Å². The summed E-state index contributed by atoms with van der Waals surface area (Å²) in [5, 5.41) is 11.8. The van der Waals surface area contributed by atoms with Crippen LogP contribution in [-0.2, 0) is 17.8 Å². The molecule has 28 heavy (non-hydrogen) atoms. The molecule has 0 fully saturated rings. The monoisotopic (exact) mass is 398 g/mol. The fraction of sp³-hybridized carbons (Fsp3) is 0.333. The van der Waals surface area contributed by atoms with Gasteiger partial charge in [-0.2, -0.15) is 5.26 Å².